The molecule has 0 saturated carbocycles. The van der Waals surface area contributed by atoms with Crippen LogP contribution in [0.2, 0.25) is 5.02 Å². The van der Waals surface area contributed by atoms with Crippen LogP contribution in [0.15, 0.2) is 58.4 Å². The van der Waals surface area contributed by atoms with Crippen molar-refractivity contribution in [1.29, 1.82) is 0 Å². The van der Waals surface area contributed by atoms with Gasteiger partial charge in [0.25, 0.3) is 5.56 Å². The van der Waals surface area contributed by atoms with E-state index in [9.17, 15) is 4.79 Å². The predicted molar refractivity (Wildman–Crippen MR) is 102 cm³/mol. The van der Waals surface area contributed by atoms with Gasteiger partial charge in [-0.15, -0.1) is 11.8 Å². The molecule has 1 aromatic heterocycles. The van der Waals surface area contributed by atoms with Crippen molar-refractivity contribution in [3.05, 3.63) is 69.6 Å². The van der Waals surface area contributed by atoms with E-state index in [1.165, 1.54) is 32.8 Å². The first kappa shape index (κ1) is 17.1. The van der Waals surface area contributed by atoms with Crippen LogP contribution in [0.5, 0.6) is 0 Å². The van der Waals surface area contributed by atoms with Gasteiger partial charge in [-0.05, 0) is 37.1 Å². The summed E-state index contributed by atoms with van der Waals surface area (Å²) in [6.07, 6.45) is 1.68. The van der Waals surface area contributed by atoms with Crippen LogP contribution in [0.1, 0.15) is 26.3 Å². The molecule has 5 heteroatoms. The van der Waals surface area contributed by atoms with Crippen molar-refractivity contribution in [3.63, 3.8) is 0 Å². The van der Waals surface area contributed by atoms with Crippen LogP contribution < -0.4 is 5.56 Å². The number of thioether (sulfide) groups is 1. The number of benzene rings is 2. The standard InChI is InChI=1S/C19H19ClN2OS/c1-19(2,3)22-18(23)17(20)16(11-21-22)24-12-13-8-9-14-6-4-5-7-15(14)10-13/h4-11H,12H2,1-3H3. The van der Waals surface area contributed by atoms with Gasteiger partial charge in [0, 0.05) is 5.75 Å². The fourth-order valence-electron chi connectivity index (χ4n) is 2.49. The van der Waals surface area contributed by atoms with Crippen LogP contribution >= 0.6 is 23.4 Å². The van der Waals surface area contributed by atoms with Gasteiger partial charge in [-0.3, -0.25) is 4.79 Å². The molecule has 24 heavy (non-hydrogen) atoms. The Kier molecular flexibility index (Phi) is 4.70. The molecule has 0 aliphatic carbocycles. The molecule has 0 aliphatic heterocycles. The first-order chi connectivity index (χ1) is 11.4. The highest BCUT2D eigenvalue weighted by molar-refractivity contribution is 7.98. The molecular weight excluding hydrogens is 340 g/mol. The van der Waals surface area contributed by atoms with E-state index in [0.717, 1.165) is 10.6 Å². The molecule has 0 amide bonds. The van der Waals surface area contributed by atoms with Crippen LogP contribution in [0.3, 0.4) is 0 Å². The summed E-state index contributed by atoms with van der Waals surface area (Å²) in [6.45, 7) is 5.79. The fraction of sp³-hybridized carbons (Fsp3) is 0.263. The first-order valence-corrected chi connectivity index (χ1v) is 9.11. The maximum Gasteiger partial charge on any atom is 0.287 e. The number of hydrogen-bond donors (Lipinski definition) is 0. The average molecular weight is 359 g/mol. The van der Waals surface area contributed by atoms with Gasteiger partial charge in [0.2, 0.25) is 0 Å². The van der Waals surface area contributed by atoms with E-state index in [0.29, 0.717) is 0 Å². The molecule has 0 N–H and O–H groups in total. The molecule has 0 radical (unpaired) electrons. The zero-order chi connectivity index (χ0) is 17.3. The van der Waals surface area contributed by atoms with Gasteiger partial charge in [-0.25, -0.2) is 4.68 Å². The average Bonchev–Trinajstić information content (AvgIpc) is 2.55. The summed E-state index contributed by atoms with van der Waals surface area (Å²) in [5, 5.41) is 6.94. The topological polar surface area (TPSA) is 34.9 Å². The van der Waals surface area contributed by atoms with Crippen LogP contribution in [-0.4, -0.2) is 9.78 Å². The second kappa shape index (κ2) is 6.61. The van der Waals surface area contributed by atoms with Crippen LogP contribution in [0.4, 0.5) is 0 Å². The van der Waals surface area contributed by atoms with Crippen LogP contribution in [0, 0.1) is 0 Å². The molecule has 0 atom stereocenters. The molecule has 3 aromatic rings. The van der Waals surface area contributed by atoms with Gasteiger partial charge >= 0.3 is 0 Å². The summed E-state index contributed by atoms with van der Waals surface area (Å²) >= 11 is 7.81. The highest BCUT2D eigenvalue weighted by Crippen LogP contribution is 2.28. The van der Waals surface area contributed by atoms with Crippen molar-refractivity contribution in [3.8, 4) is 0 Å². The summed E-state index contributed by atoms with van der Waals surface area (Å²) in [7, 11) is 0. The van der Waals surface area contributed by atoms with Gasteiger partial charge in [0.15, 0.2) is 0 Å². The van der Waals surface area contributed by atoms with Crippen molar-refractivity contribution in [2.75, 3.05) is 0 Å². The van der Waals surface area contributed by atoms with E-state index in [-0.39, 0.29) is 16.1 Å². The molecular formula is C19H19ClN2OS. The van der Waals surface area contributed by atoms with Gasteiger partial charge < -0.3 is 0 Å². The third kappa shape index (κ3) is 3.50. The molecule has 0 unspecified atom stereocenters. The smallest absolute Gasteiger partial charge is 0.266 e. The number of rotatable bonds is 3. The summed E-state index contributed by atoms with van der Waals surface area (Å²) in [6, 6.07) is 14.6. The summed E-state index contributed by atoms with van der Waals surface area (Å²) in [5.74, 6) is 0.741. The molecule has 2 aromatic carbocycles. The van der Waals surface area contributed by atoms with Gasteiger partial charge in [0.05, 0.1) is 16.6 Å². The van der Waals surface area contributed by atoms with E-state index < -0.39 is 0 Å². The van der Waals surface area contributed by atoms with Crippen molar-refractivity contribution in [2.45, 2.75) is 37.0 Å². The number of hydrogen-bond acceptors (Lipinski definition) is 3. The number of fused-ring (bicyclic) bond motifs is 1. The van der Waals surface area contributed by atoms with E-state index in [2.05, 4.69) is 35.4 Å². The Balaban J connectivity index is 1.83. The Hall–Kier alpha value is -1.78. The second-order valence-electron chi connectivity index (χ2n) is 6.68. The lowest BCUT2D eigenvalue weighted by atomic mass is 10.1. The lowest BCUT2D eigenvalue weighted by Gasteiger charge is -2.21. The van der Waals surface area contributed by atoms with E-state index in [1.807, 2.05) is 32.9 Å². The Morgan fingerprint density at radius 1 is 1.12 bits per heavy atom. The molecule has 124 valence electrons. The summed E-state index contributed by atoms with van der Waals surface area (Å²) in [5.41, 5.74) is 0.560. The van der Waals surface area contributed by atoms with Crippen LogP contribution in [0.25, 0.3) is 10.8 Å². The molecule has 0 spiro atoms. The third-order valence-corrected chi connectivity index (χ3v) is 5.31. The van der Waals surface area contributed by atoms with E-state index in [4.69, 9.17) is 11.6 Å². The predicted octanol–water partition coefficient (Wildman–Crippen LogP) is 5.10. The Morgan fingerprint density at radius 2 is 1.83 bits per heavy atom. The Bertz CT molecular complexity index is 944. The normalized spacial score (nSPS) is 11.8. The van der Waals surface area contributed by atoms with Gasteiger partial charge in [-0.1, -0.05) is 54.1 Å². The van der Waals surface area contributed by atoms with Crippen molar-refractivity contribution in [2.24, 2.45) is 0 Å². The molecule has 1 heterocycles. The molecule has 0 saturated heterocycles. The lowest BCUT2D eigenvalue weighted by Crippen LogP contribution is -2.36. The minimum absolute atomic E-state index is 0.241. The second-order valence-corrected chi connectivity index (χ2v) is 8.08. The summed E-state index contributed by atoms with van der Waals surface area (Å²) in [4.78, 5) is 13.1. The lowest BCUT2D eigenvalue weighted by molar-refractivity contribution is 0.336. The first-order valence-electron chi connectivity index (χ1n) is 7.75. The SMILES string of the molecule is CC(C)(C)n1ncc(SCc2ccc3ccccc3c2)c(Cl)c1=O. The zero-order valence-electron chi connectivity index (χ0n) is 13.9. The number of halogens is 1. The zero-order valence-corrected chi connectivity index (χ0v) is 15.5. The van der Waals surface area contributed by atoms with Crippen molar-refractivity contribution < 1.29 is 0 Å². The quantitative estimate of drug-likeness (QED) is 0.611. The van der Waals surface area contributed by atoms with Gasteiger partial charge in [-0.2, -0.15) is 5.10 Å². The summed E-state index contributed by atoms with van der Waals surface area (Å²) < 4.78 is 1.43. The third-order valence-electron chi connectivity index (χ3n) is 3.73. The van der Waals surface area contributed by atoms with E-state index >= 15 is 0 Å². The Morgan fingerprint density at radius 3 is 2.54 bits per heavy atom. The molecule has 0 aliphatic rings. The number of nitrogens with zero attached hydrogens (tertiary/aromatic N) is 2. The maximum absolute atomic E-state index is 12.4. The van der Waals surface area contributed by atoms with E-state index in [1.54, 1.807) is 6.20 Å². The van der Waals surface area contributed by atoms with Crippen molar-refractivity contribution >= 4 is 34.1 Å². The van der Waals surface area contributed by atoms with Crippen molar-refractivity contribution in [1.82, 2.24) is 9.78 Å². The number of aromatic nitrogens is 2. The largest absolute Gasteiger partial charge is 0.287 e. The fourth-order valence-corrected chi connectivity index (χ4v) is 3.62. The highest BCUT2D eigenvalue weighted by atomic mass is 35.5. The monoisotopic (exact) mass is 358 g/mol. The highest BCUT2D eigenvalue weighted by Gasteiger charge is 2.19. The molecule has 3 rings (SSSR count). The maximum atomic E-state index is 12.4. The van der Waals surface area contributed by atoms with Gasteiger partial charge in [0.1, 0.15) is 5.02 Å². The molecule has 3 nitrogen and oxygen atoms in total. The molecule has 0 fully saturated rings. The minimum atomic E-state index is -0.387. The Labute approximate surface area is 150 Å². The molecule has 0 bridgehead atoms. The minimum Gasteiger partial charge on any atom is -0.266 e. The van der Waals surface area contributed by atoms with Crippen LogP contribution in [-0.2, 0) is 11.3 Å².